The molecule has 0 aliphatic carbocycles. The maximum absolute atomic E-state index is 13.3. The molecule has 0 saturated carbocycles. The molecule has 0 saturated heterocycles. The van der Waals surface area contributed by atoms with E-state index in [4.69, 9.17) is 0 Å². The first-order chi connectivity index (χ1) is 15.5. The van der Waals surface area contributed by atoms with Crippen molar-refractivity contribution < 1.29 is 9.90 Å². The van der Waals surface area contributed by atoms with Crippen molar-refractivity contribution >= 4 is 16.7 Å². The third-order valence-corrected chi connectivity index (χ3v) is 6.16. The van der Waals surface area contributed by atoms with Crippen LogP contribution in [-0.4, -0.2) is 27.4 Å². The van der Waals surface area contributed by atoms with Crippen LogP contribution in [0, 0.1) is 18.3 Å². The molecule has 156 valence electrons. The van der Waals surface area contributed by atoms with Gasteiger partial charge < -0.3 is 10.0 Å². The van der Waals surface area contributed by atoms with Crippen molar-refractivity contribution in [3.8, 4) is 22.9 Å². The summed E-state index contributed by atoms with van der Waals surface area (Å²) in [5, 5.41) is 21.1. The summed E-state index contributed by atoms with van der Waals surface area (Å²) in [7, 11) is 0. The normalized spacial score (nSPS) is 12.9. The Labute approximate surface area is 186 Å². The molecule has 1 amide bonds. The van der Waals surface area contributed by atoms with Crippen molar-refractivity contribution in [2.24, 2.45) is 0 Å². The van der Waals surface area contributed by atoms with Gasteiger partial charge in [0.25, 0.3) is 5.91 Å². The van der Waals surface area contributed by atoms with Crippen LogP contribution in [0.3, 0.4) is 0 Å². The molecule has 5 rings (SSSR count). The minimum atomic E-state index is -0.0216. The Hall–Kier alpha value is -4.17. The fourth-order valence-electron chi connectivity index (χ4n) is 4.46. The molecule has 4 aromatic rings. The lowest BCUT2D eigenvalue weighted by Crippen LogP contribution is -2.36. The molecule has 0 atom stereocenters. The lowest BCUT2D eigenvalue weighted by molar-refractivity contribution is 0.0734. The van der Waals surface area contributed by atoms with Crippen LogP contribution in [0.25, 0.3) is 21.9 Å². The van der Waals surface area contributed by atoms with Gasteiger partial charge >= 0.3 is 0 Å². The molecule has 1 aromatic heterocycles. The zero-order valence-electron chi connectivity index (χ0n) is 17.7. The number of pyridine rings is 1. The molecule has 5 heteroatoms. The zero-order valence-corrected chi connectivity index (χ0v) is 17.7. The number of fused-ring (bicyclic) bond motifs is 2. The Morgan fingerprint density at radius 2 is 1.94 bits per heavy atom. The van der Waals surface area contributed by atoms with Gasteiger partial charge in [-0.15, -0.1) is 0 Å². The number of benzene rings is 3. The number of hydrogen-bond donors (Lipinski definition) is 1. The summed E-state index contributed by atoms with van der Waals surface area (Å²) < 4.78 is 0. The quantitative estimate of drug-likeness (QED) is 0.497. The number of hydrogen-bond acceptors (Lipinski definition) is 4. The van der Waals surface area contributed by atoms with E-state index in [1.54, 1.807) is 18.3 Å². The molecule has 0 radical (unpaired) electrons. The van der Waals surface area contributed by atoms with Crippen LogP contribution in [0.15, 0.2) is 66.9 Å². The van der Waals surface area contributed by atoms with Crippen LogP contribution >= 0.6 is 0 Å². The monoisotopic (exact) mass is 419 g/mol. The van der Waals surface area contributed by atoms with Crippen molar-refractivity contribution in [2.75, 3.05) is 6.54 Å². The molecule has 1 aliphatic rings. The van der Waals surface area contributed by atoms with E-state index in [1.165, 1.54) is 0 Å². The molecule has 0 spiro atoms. The molecular weight excluding hydrogens is 398 g/mol. The minimum absolute atomic E-state index is 0.0216. The lowest BCUT2D eigenvalue weighted by Gasteiger charge is -2.29. The molecule has 5 nitrogen and oxygen atoms in total. The molecular formula is C27H21N3O2. The van der Waals surface area contributed by atoms with Gasteiger partial charge in [0.15, 0.2) is 0 Å². The SMILES string of the molecule is Cc1ncc2c(c1C#N)CCN(C(=O)c1ccc3c(-c4ccc(O)cc4)cccc3c1)C2. The van der Waals surface area contributed by atoms with Gasteiger partial charge in [-0.25, -0.2) is 0 Å². The standard InChI is InChI=1S/C27H21N3O2/c1-17-26(14-28)25-11-12-30(16-21(25)15-29-17)27(32)20-7-10-24-19(13-20)3-2-4-23(24)18-5-8-22(31)9-6-18/h2-10,13,15,31H,11-12,16H2,1H3. The van der Waals surface area contributed by atoms with E-state index in [2.05, 4.69) is 11.1 Å². The van der Waals surface area contributed by atoms with Gasteiger partial charge in [-0.2, -0.15) is 5.26 Å². The molecule has 3 aromatic carbocycles. The number of aromatic hydroxyl groups is 1. The summed E-state index contributed by atoms with van der Waals surface area (Å²) in [4.78, 5) is 19.4. The first kappa shape index (κ1) is 19.8. The Kier molecular flexibility index (Phi) is 4.84. The van der Waals surface area contributed by atoms with Crippen molar-refractivity contribution in [3.05, 3.63) is 94.8 Å². The third kappa shape index (κ3) is 3.36. The van der Waals surface area contributed by atoms with Crippen LogP contribution in [0.4, 0.5) is 0 Å². The number of phenols is 1. The predicted molar refractivity (Wildman–Crippen MR) is 123 cm³/mol. The van der Waals surface area contributed by atoms with Crippen LogP contribution in [-0.2, 0) is 13.0 Å². The molecule has 1 aliphatic heterocycles. The number of phenolic OH excluding ortho intramolecular Hbond substituents is 1. The molecule has 2 heterocycles. The highest BCUT2D eigenvalue weighted by Gasteiger charge is 2.25. The second-order valence-electron chi connectivity index (χ2n) is 8.10. The number of aryl methyl sites for hydroxylation is 1. The van der Waals surface area contributed by atoms with Gasteiger partial charge in [0.2, 0.25) is 0 Å². The smallest absolute Gasteiger partial charge is 0.254 e. The highest BCUT2D eigenvalue weighted by atomic mass is 16.3. The number of carbonyl (C=O) groups is 1. The number of nitrogens with zero attached hydrogens (tertiary/aromatic N) is 3. The Bertz CT molecular complexity index is 1400. The summed E-state index contributed by atoms with van der Waals surface area (Å²) >= 11 is 0. The first-order valence-corrected chi connectivity index (χ1v) is 10.5. The average Bonchev–Trinajstić information content (AvgIpc) is 2.83. The van der Waals surface area contributed by atoms with E-state index in [0.717, 1.165) is 38.7 Å². The molecule has 0 fully saturated rings. The van der Waals surface area contributed by atoms with Gasteiger partial charge in [-0.3, -0.25) is 9.78 Å². The second kappa shape index (κ2) is 7.82. The largest absolute Gasteiger partial charge is 0.508 e. The molecule has 0 bridgehead atoms. The zero-order chi connectivity index (χ0) is 22.2. The fraction of sp³-hybridized carbons (Fsp3) is 0.148. The van der Waals surface area contributed by atoms with Gasteiger partial charge in [0.1, 0.15) is 11.8 Å². The topological polar surface area (TPSA) is 77.2 Å². The van der Waals surface area contributed by atoms with E-state index in [0.29, 0.717) is 30.6 Å². The number of carbonyl (C=O) groups excluding carboxylic acids is 1. The van der Waals surface area contributed by atoms with E-state index >= 15 is 0 Å². The molecule has 1 N–H and O–H groups in total. The maximum Gasteiger partial charge on any atom is 0.254 e. The number of rotatable bonds is 2. The van der Waals surface area contributed by atoms with Crippen molar-refractivity contribution in [3.63, 3.8) is 0 Å². The molecule has 32 heavy (non-hydrogen) atoms. The van der Waals surface area contributed by atoms with Crippen molar-refractivity contribution in [2.45, 2.75) is 19.9 Å². The van der Waals surface area contributed by atoms with Gasteiger partial charge in [-0.1, -0.05) is 36.4 Å². The fourth-order valence-corrected chi connectivity index (χ4v) is 4.46. The van der Waals surface area contributed by atoms with Crippen LogP contribution < -0.4 is 0 Å². The maximum atomic E-state index is 13.3. The van der Waals surface area contributed by atoms with E-state index in [9.17, 15) is 15.2 Å². The lowest BCUT2D eigenvalue weighted by atomic mass is 9.94. The van der Waals surface area contributed by atoms with Gasteiger partial charge in [0, 0.05) is 24.8 Å². The predicted octanol–water partition coefficient (Wildman–Crippen LogP) is 4.99. The van der Waals surface area contributed by atoms with Crippen molar-refractivity contribution in [1.82, 2.24) is 9.88 Å². The second-order valence-corrected chi connectivity index (χ2v) is 8.10. The number of aromatic nitrogens is 1. The van der Waals surface area contributed by atoms with Gasteiger partial charge in [-0.05, 0) is 70.6 Å². The van der Waals surface area contributed by atoms with Crippen LogP contribution in [0.2, 0.25) is 0 Å². The summed E-state index contributed by atoms with van der Waals surface area (Å²) in [6, 6.07) is 21.2. The first-order valence-electron chi connectivity index (χ1n) is 10.5. The summed E-state index contributed by atoms with van der Waals surface area (Å²) in [6.07, 6.45) is 2.45. The summed E-state index contributed by atoms with van der Waals surface area (Å²) in [5.41, 5.74) is 6.05. The van der Waals surface area contributed by atoms with E-state index in [1.807, 2.05) is 60.4 Å². The minimum Gasteiger partial charge on any atom is -0.508 e. The number of nitriles is 1. The van der Waals surface area contributed by atoms with Crippen LogP contribution in [0.1, 0.15) is 32.7 Å². The summed E-state index contributed by atoms with van der Waals surface area (Å²) in [6.45, 7) is 2.88. The van der Waals surface area contributed by atoms with Gasteiger partial charge in [0.05, 0.1) is 11.3 Å². The van der Waals surface area contributed by atoms with Crippen molar-refractivity contribution in [1.29, 1.82) is 5.26 Å². The average molecular weight is 419 g/mol. The van der Waals surface area contributed by atoms with Crippen LogP contribution in [0.5, 0.6) is 5.75 Å². The summed E-state index contributed by atoms with van der Waals surface area (Å²) in [5.74, 6) is 0.212. The number of amides is 1. The Morgan fingerprint density at radius 3 is 2.72 bits per heavy atom. The van der Waals surface area contributed by atoms with E-state index < -0.39 is 0 Å². The highest BCUT2D eigenvalue weighted by molar-refractivity contribution is 6.02. The highest BCUT2D eigenvalue weighted by Crippen LogP contribution is 2.31. The molecule has 0 unspecified atom stereocenters. The Morgan fingerprint density at radius 1 is 1.12 bits per heavy atom. The van der Waals surface area contributed by atoms with E-state index in [-0.39, 0.29) is 11.7 Å². The third-order valence-electron chi connectivity index (χ3n) is 6.16. The Balaban J connectivity index is 1.46.